The van der Waals surface area contributed by atoms with Crippen LogP contribution in [0, 0.1) is 12.3 Å². The molecule has 1 saturated heterocycles. The zero-order chi connectivity index (χ0) is 23.1. The van der Waals surface area contributed by atoms with Gasteiger partial charge < -0.3 is 9.80 Å². The van der Waals surface area contributed by atoms with E-state index in [1.54, 1.807) is 24.3 Å². The molecule has 2 aromatic carbocycles. The van der Waals surface area contributed by atoms with Crippen molar-refractivity contribution in [3.8, 4) is 0 Å². The first-order valence-corrected chi connectivity index (χ1v) is 12.9. The van der Waals surface area contributed by atoms with Gasteiger partial charge >= 0.3 is 0 Å². The van der Waals surface area contributed by atoms with Gasteiger partial charge in [0.2, 0.25) is 5.91 Å². The zero-order valence-electron chi connectivity index (χ0n) is 18.8. The minimum atomic E-state index is -3.76. The molecular formula is C23H28N4O3S2. The number of nitrogens with zero attached hydrogens (tertiary/aromatic N) is 3. The number of benzene rings is 2. The molecule has 4 rings (SSSR count). The maximum atomic E-state index is 13.1. The van der Waals surface area contributed by atoms with Gasteiger partial charge in [0.05, 0.1) is 31.5 Å². The lowest BCUT2D eigenvalue weighted by molar-refractivity contribution is -0.139. The van der Waals surface area contributed by atoms with Gasteiger partial charge in [0, 0.05) is 31.6 Å². The molecule has 1 aliphatic heterocycles. The molecule has 1 aliphatic rings. The van der Waals surface area contributed by atoms with E-state index >= 15 is 0 Å². The van der Waals surface area contributed by atoms with Crippen molar-refractivity contribution < 1.29 is 13.2 Å². The van der Waals surface area contributed by atoms with Gasteiger partial charge in [0.25, 0.3) is 10.0 Å². The minimum absolute atomic E-state index is 0.139. The van der Waals surface area contributed by atoms with E-state index in [4.69, 9.17) is 0 Å². The Kier molecular flexibility index (Phi) is 5.89. The number of amides is 1. The molecule has 0 unspecified atom stereocenters. The van der Waals surface area contributed by atoms with Crippen molar-refractivity contribution >= 4 is 48.9 Å². The van der Waals surface area contributed by atoms with E-state index in [-0.39, 0.29) is 10.8 Å². The van der Waals surface area contributed by atoms with E-state index in [0.717, 1.165) is 20.9 Å². The summed E-state index contributed by atoms with van der Waals surface area (Å²) in [6.07, 6.45) is 0. The zero-order valence-corrected chi connectivity index (χ0v) is 20.4. The Balaban J connectivity index is 1.54. The lowest BCUT2D eigenvalue weighted by Gasteiger charge is -2.39. The van der Waals surface area contributed by atoms with E-state index in [1.165, 1.54) is 11.3 Å². The third kappa shape index (κ3) is 4.59. The number of piperazine rings is 1. The van der Waals surface area contributed by atoms with Crippen LogP contribution in [0.3, 0.4) is 0 Å². The van der Waals surface area contributed by atoms with Crippen molar-refractivity contribution in [3.05, 3.63) is 47.5 Å². The van der Waals surface area contributed by atoms with Crippen LogP contribution in [0.4, 0.5) is 11.4 Å². The molecule has 32 heavy (non-hydrogen) atoms. The number of hydrogen-bond donors (Lipinski definition) is 1. The van der Waals surface area contributed by atoms with E-state index < -0.39 is 15.4 Å². The van der Waals surface area contributed by atoms with Gasteiger partial charge in [-0.25, -0.2) is 13.4 Å². The van der Waals surface area contributed by atoms with Crippen LogP contribution in [0.25, 0.3) is 10.2 Å². The standard InChI is InChI=1S/C23H28N4O3S2/c1-16-24-19-10-9-17(15-21(19)31-16)32(29,30)25-18-7-5-6-8-20(18)26-11-13-27(14-12-26)22(28)23(2,3)4/h5-10,15,25H,11-14H2,1-4H3. The number of thiazole rings is 1. The van der Waals surface area contributed by atoms with Crippen LogP contribution in [0.1, 0.15) is 25.8 Å². The van der Waals surface area contributed by atoms with E-state index in [1.807, 2.05) is 50.8 Å². The molecule has 0 bridgehead atoms. The average Bonchev–Trinajstić information content (AvgIpc) is 3.12. The Morgan fingerprint density at radius 2 is 1.75 bits per heavy atom. The lowest BCUT2D eigenvalue weighted by Crippen LogP contribution is -2.51. The molecule has 1 fully saturated rings. The highest BCUT2D eigenvalue weighted by atomic mass is 32.2. The van der Waals surface area contributed by atoms with Crippen molar-refractivity contribution in [1.82, 2.24) is 9.88 Å². The normalized spacial score (nSPS) is 15.2. The van der Waals surface area contributed by atoms with Crippen LogP contribution in [-0.4, -0.2) is 50.4 Å². The first-order valence-electron chi connectivity index (χ1n) is 10.6. The van der Waals surface area contributed by atoms with Crippen molar-refractivity contribution in [2.24, 2.45) is 5.41 Å². The number of aryl methyl sites for hydroxylation is 1. The van der Waals surface area contributed by atoms with Gasteiger partial charge in [0.15, 0.2) is 0 Å². The lowest BCUT2D eigenvalue weighted by atomic mass is 9.94. The largest absolute Gasteiger partial charge is 0.366 e. The molecule has 1 aromatic heterocycles. The first-order chi connectivity index (χ1) is 15.0. The number of anilines is 2. The van der Waals surface area contributed by atoms with Gasteiger partial charge in [-0.1, -0.05) is 32.9 Å². The summed E-state index contributed by atoms with van der Waals surface area (Å²) in [6.45, 7) is 10.2. The molecule has 2 heterocycles. The number of aromatic nitrogens is 1. The molecule has 3 aromatic rings. The van der Waals surface area contributed by atoms with Crippen LogP contribution in [0.15, 0.2) is 47.4 Å². The second-order valence-electron chi connectivity index (χ2n) is 9.01. The summed E-state index contributed by atoms with van der Waals surface area (Å²) >= 11 is 1.47. The van der Waals surface area contributed by atoms with Crippen LogP contribution in [-0.2, 0) is 14.8 Å². The predicted molar refractivity (Wildman–Crippen MR) is 130 cm³/mol. The summed E-state index contributed by atoms with van der Waals surface area (Å²) < 4.78 is 29.9. The molecule has 0 saturated carbocycles. The molecular weight excluding hydrogens is 444 g/mol. The van der Waals surface area contributed by atoms with E-state index in [0.29, 0.717) is 31.9 Å². The highest BCUT2D eigenvalue weighted by Gasteiger charge is 2.30. The summed E-state index contributed by atoms with van der Waals surface area (Å²) in [6, 6.07) is 12.4. The number of rotatable bonds is 4. The summed E-state index contributed by atoms with van der Waals surface area (Å²) in [5.41, 5.74) is 1.74. The van der Waals surface area contributed by atoms with Gasteiger partial charge in [-0.2, -0.15) is 0 Å². The fourth-order valence-corrected chi connectivity index (χ4v) is 5.89. The Morgan fingerprint density at radius 3 is 2.44 bits per heavy atom. The monoisotopic (exact) mass is 472 g/mol. The summed E-state index contributed by atoms with van der Waals surface area (Å²) in [5.74, 6) is 0.139. The summed E-state index contributed by atoms with van der Waals surface area (Å²) in [4.78, 5) is 21.2. The van der Waals surface area contributed by atoms with Crippen LogP contribution < -0.4 is 9.62 Å². The highest BCUT2D eigenvalue weighted by Crippen LogP contribution is 2.31. The number of carbonyl (C=O) groups is 1. The number of carbonyl (C=O) groups excluding carboxylic acids is 1. The molecule has 0 aliphatic carbocycles. The number of hydrogen-bond acceptors (Lipinski definition) is 6. The predicted octanol–water partition coefficient (Wildman–Crippen LogP) is 4.10. The van der Waals surface area contributed by atoms with Gasteiger partial charge in [-0.05, 0) is 37.3 Å². The SMILES string of the molecule is Cc1nc2ccc(S(=O)(=O)Nc3ccccc3N3CCN(C(=O)C(C)(C)C)CC3)cc2s1. The maximum absolute atomic E-state index is 13.1. The third-order valence-electron chi connectivity index (χ3n) is 5.47. The Hall–Kier alpha value is -2.65. The summed E-state index contributed by atoms with van der Waals surface area (Å²) in [7, 11) is -3.76. The fourth-order valence-electron chi connectivity index (χ4n) is 3.85. The third-order valence-corrected chi connectivity index (χ3v) is 7.77. The molecule has 170 valence electrons. The van der Waals surface area contributed by atoms with Crippen molar-refractivity contribution in [2.75, 3.05) is 35.8 Å². The number of fused-ring (bicyclic) bond motifs is 1. The summed E-state index contributed by atoms with van der Waals surface area (Å²) in [5, 5.41) is 0.900. The van der Waals surface area contributed by atoms with Gasteiger partial charge in [-0.3, -0.25) is 9.52 Å². The van der Waals surface area contributed by atoms with Crippen LogP contribution in [0.5, 0.6) is 0 Å². The Labute approximate surface area is 193 Å². The smallest absolute Gasteiger partial charge is 0.262 e. The average molecular weight is 473 g/mol. The number of nitrogens with one attached hydrogen (secondary N) is 1. The molecule has 7 nitrogen and oxygen atoms in total. The van der Waals surface area contributed by atoms with Crippen LogP contribution in [0.2, 0.25) is 0 Å². The number of sulfonamides is 1. The van der Waals surface area contributed by atoms with Crippen molar-refractivity contribution in [1.29, 1.82) is 0 Å². The molecule has 9 heteroatoms. The first kappa shape index (κ1) is 22.5. The Bertz CT molecular complexity index is 1250. The van der Waals surface area contributed by atoms with Crippen molar-refractivity contribution in [2.45, 2.75) is 32.6 Å². The van der Waals surface area contributed by atoms with Crippen LogP contribution >= 0.6 is 11.3 Å². The van der Waals surface area contributed by atoms with E-state index in [9.17, 15) is 13.2 Å². The van der Waals surface area contributed by atoms with E-state index in [2.05, 4.69) is 14.6 Å². The maximum Gasteiger partial charge on any atom is 0.262 e. The molecule has 0 atom stereocenters. The molecule has 1 N–H and O–H groups in total. The quantitative estimate of drug-likeness (QED) is 0.618. The number of para-hydroxylation sites is 2. The fraction of sp³-hybridized carbons (Fsp3) is 0.391. The molecule has 1 amide bonds. The highest BCUT2D eigenvalue weighted by molar-refractivity contribution is 7.92. The Morgan fingerprint density at radius 1 is 1.06 bits per heavy atom. The van der Waals surface area contributed by atoms with Gasteiger partial charge in [-0.15, -0.1) is 11.3 Å². The second kappa shape index (κ2) is 8.37. The van der Waals surface area contributed by atoms with Crippen molar-refractivity contribution in [3.63, 3.8) is 0 Å². The molecule has 0 radical (unpaired) electrons. The molecule has 0 spiro atoms. The van der Waals surface area contributed by atoms with Gasteiger partial charge in [0.1, 0.15) is 0 Å². The topological polar surface area (TPSA) is 82.6 Å². The second-order valence-corrected chi connectivity index (χ2v) is 11.9. The minimum Gasteiger partial charge on any atom is -0.366 e.